The number of aliphatic hydroxyl groups is 1. The molecule has 1 aromatic carbocycles. The summed E-state index contributed by atoms with van der Waals surface area (Å²) in [7, 11) is 1.52. The number of amides is 1. The molecule has 2 saturated heterocycles. The summed E-state index contributed by atoms with van der Waals surface area (Å²) in [5.74, 6) is -1.67. The van der Waals surface area contributed by atoms with Crippen LogP contribution < -0.4 is 24.6 Å². The van der Waals surface area contributed by atoms with Gasteiger partial charge in [0, 0.05) is 50.5 Å². The van der Waals surface area contributed by atoms with Gasteiger partial charge >= 0.3 is 0 Å². The Kier molecular flexibility index (Phi) is 7.97. The Labute approximate surface area is 226 Å². The number of hydrogen-bond acceptors (Lipinski definition) is 8. The Hall–Kier alpha value is -2.63. The normalized spacial score (nSPS) is 19.9. The summed E-state index contributed by atoms with van der Waals surface area (Å²) in [6.45, 7) is 2.65. The molecule has 1 saturated carbocycles. The summed E-state index contributed by atoms with van der Waals surface area (Å²) >= 11 is 1.43. The lowest BCUT2D eigenvalue weighted by Gasteiger charge is -2.35. The topological polar surface area (TPSA) is 90.0 Å². The number of anilines is 3. The lowest BCUT2D eigenvalue weighted by molar-refractivity contribution is -0.0222. The number of aliphatic hydroxyl groups excluding tert-OH is 1. The minimum absolute atomic E-state index is 0.0469. The molecule has 3 N–H and O–H groups in total. The Morgan fingerprint density at radius 3 is 2.42 bits per heavy atom. The number of methoxy groups -OCH3 is 1. The number of rotatable bonds is 9. The number of hydrogen-bond donors (Lipinski definition) is 3. The summed E-state index contributed by atoms with van der Waals surface area (Å²) in [4.78, 5) is 23.2. The maximum absolute atomic E-state index is 13.7. The summed E-state index contributed by atoms with van der Waals surface area (Å²) < 4.78 is 36.0. The number of piperidine rings is 2. The highest BCUT2D eigenvalue weighted by atomic mass is 32.2. The van der Waals surface area contributed by atoms with Crippen molar-refractivity contribution in [2.24, 2.45) is 5.41 Å². The second-order valence-corrected chi connectivity index (χ2v) is 11.4. The van der Waals surface area contributed by atoms with Gasteiger partial charge in [0.25, 0.3) is 11.8 Å². The van der Waals surface area contributed by atoms with Gasteiger partial charge in [-0.1, -0.05) is 0 Å². The predicted molar refractivity (Wildman–Crippen MR) is 146 cm³/mol. The van der Waals surface area contributed by atoms with E-state index in [0.717, 1.165) is 36.5 Å². The van der Waals surface area contributed by atoms with Crippen LogP contribution in [0.5, 0.6) is 5.75 Å². The second-order valence-electron chi connectivity index (χ2n) is 10.4. The molecule has 0 radical (unpaired) electrons. The van der Waals surface area contributed by atoms with Crippen molar-refractivity contribution in [2.45, 2.75) is 49.3 Å². The molecule has 1 aromatic heterocycles. The third-order valence-corrected chi connectivity index (χ3v) is 8.67. The number of carbonyl (C=O) groups excluding carboxylic acids is 1. The van der Waals surface area contributed by atoms with Crippen LogP contribution in [0.1, 0.15) is 48.9 Å². The van der Waals surface area contributed by atoms with Crippen LogP contribution in [0, 0.1) is 5.41 Å². The van der Waals surface area contributed by atoms with Gasteiger partial charge in [-0.25, -0.2) is 13.8 Å². The van der Waals surface area contributed by atoms with Crippen LogP contribution in [0.15, 0.2) is 35.2 Å². The van der Waals surface area contributed by atoms with E-state index in [1.807, 2.05) is 18.2 Å². The first-order valence-electron chi connectivity index (χ1n) is 13.2. The van der Waals surface area contributed by atoms with Crippen LogP contribution in [0.3, 0.4) is 0 Å². The Balaban J connectivity index is 1.36. The van der Waals surface area contributed by atoms with Gasteiger partial charge in [0.2, 0.25) is 0 Å². The molecule has 3 heterocycles. The lowest BCUT2D eigenvalue weighted by atomic mass is 9.93. The van der Waals surface area contributed by atoms with Crippen LogP contribution in [0.4, 0.5) is 26.1 Å². The van der Waals surface area contributed by atoms with E-state index in [2.05, 4.69) is 19.9 Å². The zero-order chi connectivity index (χ0) is 26.8. The molecule has 5 rings (SSSR count). The molecule has 0 bridgehead atoms. The molecule has 8 nitrogen and oxygen atoms in total. The molecule has 2 aliphatic heterocycles. The quantitative estimate of drug-likeness (QED) is 0.311. The predicted octanol–water partition coefficient (Wildman–Crippen LogP) is 4.55. The zero-order valence-corrected chi connectivity index (χ0v) is 22.5. The number of ether oxygens (including phenoxy) is 1. The highest BCUT2D eigenvalue weighted by Gasteiger charge is 2.44. The van der Waals surface area contributed by atoms with E-state index in [4.69, 9.17) is 9.84 Å². The first kappa shape index (κ1) is 27.0. The molecule has 1 amide bonds. The minimum Gasteiger partial charge on any atom is -0.493 e. The molecular formula is C27H35F2N5O3S. The molecule has 1 spiro atoms. The number of nitrogens with one attached hydrogen (secondary N) is 2. The first-order chi connectivity index (χ1) is 18.3. The molecule has 2 aromatic rings. The summed E-state index contributed by atoms with van der Waals surface area (Å²) in [5.41, 5.74) is 1.94. The van der Waals surface area contributed by atoms with E-state index in [1.165, 1.54) is 31.9 Å². The van der Waals surface area contributed by atoms with Gasteiger partial charge in [0.15, 0.2) is 11.6 Å². The Morgan fingerprint density at radius 2 is 1.76 bits per heavy atom. The third kappa shape index (κ3) is 6.16. The molecule has 0 unspecified atom stereocenters. The van der Waals surface area contributed by atoms with Gasteiger partial charge in [-0.15, -0.1) is 0 Å². The SMILES string of the molecule is COc1ccc(NC(=O)c2ccc(SNCCO)cc2N2CCC3(CC2)CC3)nc1N1CCC(F)(F)CC1. The number of pyridine rings is 1. The van der Waals surface area contributed by atoms with Gasteiger partial charge in [0.1, 0.15) is 5.82 Å². The number of nitrogens with zero attached hydrogens (tertiary/aromatic N) is 3. The van der Waals surface area contributed by atoms with E-state index >= 15 is 0 Å². The number of alkyl halides is 2. The Morgan fingerprint density at radius 1 is 1.05 bits per heavy atom. The van der Waals surface area contributed by atoms with E-state index in [1.54, 1.807) is 17.0 Å². The van der Waals surface area contributed by atoms with Crippen molar-refractivity contribution in [3.05, 3.63) is 35.9 Å². The van der Waals surface area contributed by atoms with Crippen LogP contribution >= 0.6 is 11.9 Å². The molecule has 1 aliphatic carbocycles. The fourth-order valence-electron chi connectivity index (χ4n) is 5.23. The number of halogens is 2. The molecule has 206 valence electrons. The van der Waals surface area contributed by atoms with Crippen molar-refractivity contribution in [2.75, 3.05) is 61.6 Å². The van der Waals surface area contributed by atoms with E-state index in [0.29, 0.717) is 34.9 Å². The van der Waals surface area contributed by atoms with Crippen molar-refractivity contribution >= 4 is 35.2 Å². The average molecular weight is 548 g/mol. The zero-order valence-electron chi connectivity index (χ0n) is 21.6. The third-order valence-electron chi connectivity index (χ3n) is 7.83. The summed E-state index contributed by atoms with van der Waals surface area (Å²) in [5, 5.41) is 12.0. The molecule has 0 atom stereocenters. The average Bonchev–Trinajstić information content (AvgIpc) is 3.67. The van der Waals surface area contributed by atoms with Gasteiger partial charge in [-0.2, -0.15) is 0 Å². The Bertz CT molecular complexity index is 1140. The maximum atomic E-state index is 13.7. The van der Waals surface area contributed by atoms with E-state index < -0.39 is 5.92 Å². The van der Waals surface area contributed by atoms with Crippen molar-refractivity contribution < 1.29 is 23.4 Å². The van der Waals surface area contributed by atoms with Crippen LogP contribution in [0.2, 0.25) is 0 Å². The monoisotopic (exact) mass is 547 g/mol. The van der Waals surface area contributed by atoms with Crippen LogP contribution in [-0.4, -0.2) is 68.4 Å². The first-order valence-corrected chi connectivity index (χ1v) is 14.0. The molecule has 11 heteroatoms. The van der Waals surface area contributed by atoms with Crippen LogP contribution in [0.25, 0.3) is 0 Å². The summed E-state index contributed by atoms with van der Waals surface area (Å²) in [6.07, 6.45) is 4.38. The minimum atomic E-state index is -2.67. The molecule has 38 heavy (non-hydrogen) atoms. The van der Waals surface area contributed by atoms with Gasteiger partial charge in [-0.05, 0) is 73.4 Å². The van der Waals surface area contributed by atoms with E-state index in [9.17, 15) is 13.6 Å². The standard InChI is InChI=1S/C27H35F2N5O3S/c1-37-22-4-5-23(31-24(22)34-15-10-27(28,29)11-16-34)32-25(36)20-3-2-19(38-30-12-17-35)18-21(20)33-13-8-26(6-7-26)9-14-33/h2-5,18,30,35H,6-17H2,1H3,(H,31,32,36). The van der Waals surface area contributed by atoms with Crippen molar-refractivity contribution in [3.63, 3.8) is 0 Å². The molecular weight excluding hydrogens is 512 g/mol. The largest absolute Gasteiger partial charge is 0.493 e. The summed E-state index contributed by atoms with van der Waals surface area (Å²) in [6, 6.07) is 9.11. The second kappa shape index (κ2) is 11.2. The maximum Gasteiger partial charge on any atom is 0.258 e. The van der Waals surface area contributed by atoms with Crippen molar-refractivity contribution in [1.82, 2.24) is 9.71 Å². The fraction of sp³-hybridized carbons (Fsp3) is 0.556. The van der Waals surface area contributed by atoms with Crippen molar-refractivity contribution in [1.29, 1.82) is 0 Å². The molecule has 3 fully saturated rings. The number of aromatic nitrogens is 1. The highest BCUT2D eigenvalue weighted by molar-refractivity contribution is 7.97. The number of carbonyl (C=O) groups is 1. The van der Waals surface area contributed by atoms with Crippen LogP contribution in [-0.2, 0) is 0 Å². The fourth-order valence-corrected chi connectivity index (χ4v) is 5.89. The van der Waals surface area contributed by atoms with Gasteiger partial charge in [0.05, 0.1) is 25.0 Å². The lowest BCUT2D eigenvalue weighted by Crippen LogP contribution is -2.40. The number of benzene rings is 1. The van der Waals surface area contributed by atoms with Gasteiger partial charge in [-0.3, -0.25) is 9.52 Å². The highest BCUT2D eigenvalue weighted by Crippen LogP contribution is 2.54. The smallest absolute Gasteiger partial charge is 0.258 e. The van der Waals surface area contributed by atoms with E-state index in [-0.39, 0.29) is 38.4 Å². The van der Waals surface area contributed by atoms with Gasteiger partial charge < -0.3 is 25.0 Å². The van der Waals surface area contributed by atoms with Crippen molar-refractivity contribution in [3.8, 4) is 5.75 Å². The molecule has 3 aliphatic rings.